The third-order valence-electron chi connectivity index (χ3n) is 2.11. The summed E-state index contributed by atoms with van der Waals surface area (Å²) in [6, 6.07) is 0. The van der Waals surface area contributed by atoms with E-state index in [1.54, 1.807) is 6.33 Å². The van der Waals surface area contributed by atoms with E-state index in [0.29, 0.717) is 0 Å². The van der Waals surface area contributed by atoms with Crippen LogP contribution in [0.25, 0.3) is 5.78 Å². The van der Waals surface area contributed by atoms with E-state index in [1.165, 1.54) is 0 Å². The molecule has 0 spiro atoms. The Morgan fingerprint density at radius 3 is 2.29 bits per heavy atom. The van der Waals surface area contributed by atoms with Gasteiger partial charge in [-0.25, -0.2) is 23.2 Å². The lowest BCUT2D eigenvalue weighted by Crippen LogP contribution is -2.68. The van der Waals surface area contributed by atoms with Crippen LogP contribution >= 0.6 is 0 Å². The van der Waals surface area contributed by atoms with E-state index < -0.39 is 10.2 Å². The summed E-state index contributed by atoms with van der Waals surface area (Å²) < 4.78 is 37.7. The standard InChI is InChI=1S/C8H11N4.ClHO4/c1-6-4-9-8-11(3)5-10-12(8)7(6)2;2-1(3,4)5/h4-5H,1-3H3;(H,2,3,4,5)/q+1;/p-1. The Morgan fingerprint density at radius 2 is 1.76 bits per heavy atom. The molecule has 0 aliphatic carbocycles. The highest BCUT2D eigenvalue weighted by Gasteiger charge is 2.11. The van der Waals surface area contributed by atoms with Crippen molar-refractivity contribution in [2.75, 3.05) is 0 Å². The van der Waals surface area contributed by atoms with Crippen LogP contribution in [0.4, 0.5) is 0 Å². The van der Waals surface area contributed by atoms with Gasteiger partial charge in [0.25, 0.3) is 0 Å². The van der Waals surface area contributed by atoms with Gasteiger partial charge in [-0.3, -0.25) is 0 Å². The molecule has 2 aromatic rings. The molecule has 2 aromatic heterocycles. The molecule has 94 valence electrons. The van der Waals surface area contributed by atoms with E-state index in [2.05, 4.69) is 10.1 Å². The van der Waals surface area contributed by atoms with Crippen LogP contribution in [0.5, 0.6) is 0 Å². The zero-order valence-electron chi connectivity index (χ0n) is 9.45. The fourth-order valence-corrected chi connectivity index (χ4v) is 1.18. The molecule has 17 heavy (non-hydrogen) atoms. The molecule has 0 unspecified atom stereocenters. The number of nitrogens with zero attached hydrogens (tertiary/aromatic N) is 4. The highest BCUT2D eigenvalue weighted by Crippen LogP contribution is 2.03. The maximum atomic E-state index is 8.49. The molecule has 0 N–H and O–H groups in total. The van der Waals surface area contributed by atoms with Crippen molar-refractivity contribution < 1.29 is 33.4 Å². The zero-order chi connectivity index (χ0) is 13.2. The van der Waals surface area contributed by atoms with Crippen molar-refractivity contribution in [1.82, 2.24) is 14.6 Å². The molecule has 0 bridgehead atoms. The number of rotatable bonds is 0. The summed E-state index contributed by atoms with van der Waals surface area (Å²) in [7, 11) is -3.01. The van der Waals surface area contributed by atoms with E-state index in [-0.39, 0.29) is 0 Å². The lowest BCUT2D eigenvalue weighted by molar-refractivity contribution is -2.00. The second-order valence-electron chi connectivity index (χ2n) is 3.36. The number of halogens is 1. The van der Waals surface area contributed by atoms with Crippen LogP contribution in [-0.2, 0) is 7.05 Å². The first-order valence-electron chi connectivity index (χ1n) is 4.47. The summed E-state index contributed by atoms with van der Waals surface area (Å²) in [4.78, 5) is 4.26. The van der Waals surface area contributed by atoms with Gasteiger partial charge >= 0.3 is 5.78 Å². The molecular weight excluding hydrogens is 252 g/mol. The van der Waals surface area contributed by atoms with Gasteiger partial charge < -0.3 is 0 Å². The van der Waals surface area contributed by atoms with Crippen LogP contribution < -0.4 is 23.2 Å². The molecule has 8 nitrogen and oxygen atoms in total. The van der Waals surface area contributed by atoms with Crippen molar-refractivity contribution in [2.24, 2.45) is 7.05 Å². The highest BCUT2D eigenvalue weighted by atomic mass is 35.7. The molecule has 0 aromatic carbocycles. The molecule has 0 radical (unpaired) electrons. The smallest absolute Gasteiger partial charge is 0.227 e. The molecule has 0 atom stereocenters. The number of aryl methyl sites for hydroxylation is 3. The summed E-state index contributed by atoms with van der Waals surface area (Å²) in [5.41, 5.74) is 2.30. The van der Waals surface area contributed by atoms with Crippen LogP contribution in [0, 0.1) is 24.1 Å². The third-order valence-corrected chi connectivity index (χ3v) is 2.11. The number of hydrogen-bond donors (Lipinski definition) is 0. The molecule has 9 heteroatoms. The van der Waals surface area contributed by atoms with E-state index >= 15 is 0 Å². The summed E-state index contributed by atoms with van der Waals surface area (Å²) in [5, 5.41) is 4.20. The van der Waals surface area contributed by atoms with Crippen molar-refractivity contribution in [3.05, 3.63) is 23.8 Å². The minimum Gasteiger partial charge on any atom is -0.227 e. The van der Waals surface area contributed by atoms with Gasteiger partial charge in [0, 0.05) is 5.56 Å². The fraction of sp³-hybridized carbons (Fsp3) is 0.375. The van der Waals surface area contributed by atoms with Crippen LogP contribution in [-0.4, -0.2) is 14.6 Å². The molecule has 0 fully saturated rings. The van der Waals surface area contributed by atoms with Crippen LogP contribution in [0.15, 0.2) is 12.5 Å². The topological polar surface area (TPSA) is 126 Å². The molecular formula is C8H11ClN4O4. The van der Waals surface area contributed by atoms with Gasteiger partial charge in [-0.2, -0.15) is 0 Å². The SMILES string of the molecule is Cc1cnc2n(nc[n+]2C)c1C.[O-][Cl+3]([O-])([O-])[O-]. The van der Waals surface area contributed by atoms with Crippen molar-refractivity contribution in [1.29, 1.82) is 0 Å². The number of aromatic nitrogens is 4. The largest absolute Gasteiger partial charge is 0.386 e. The van der Waals surface area contributed by atoms with Crippen LogP contribution in [0.1, 0.15) is 11.3 Å². The van der Waals surface area contributed by atoms with Crippen molar-refractivity contribution >= 4 is 5.78 Å². The highest BCUT2D eigenvalue weighted by molar-refractivity contribution is 5.25. The van der Waals surface area contributed by atoms with Crippen LogP contribution in [0.2, 0.25) is 0 Å². The molecule has 0 aliphatic heterocycles. The number of fused-ring (bicyclic) bond motifs is 1. The third kappa shape index (κ3) is 3.88. The Kier molecular flexibility index (Phi) is 3.96. The minimum absolute atomic E-state index is 0.873. The lowest BCUT2D eigenvalue weighted by atomic mass is 10.3. The van der Waals surface area contributed by atoms with E-state index in [1.807, 2.05) is 36.2 Å². The predicted octanol–water partition coefficient (Wildman–Crippen LogP) is -4.59. The maximum Gasteiger partial charge on any atom is 0.386 e. The molecule has 0 amide bonds. The zero-order valence-corrected chi connectivity index (χ0v) is 10.2. The quantitative estimate of drug-likeness (QED) is 0.440. The summed E-state index contributed by atoms with van der Waals surface area (Å²) in [6.07, 6.45) is 3.63. The van der Waals surface area contributed by atoms with Crippen LogP contribution in [0.3, 0.4) is 0 Å². The van der Waals surface area contributed by atoms with Gasteiger partial charge in [0.15, 0.2) is 0 Å². The second-order valence-corrected chi connectivity index (χ2v) is 4.11. The monoisotopic (exact) mass is 262 g/mol. The summed E-state index contributed by atoms with van der Waals surface area (Å²) in [5.74, 6) is 0.873. The first kappa shape index (κ1) is 13.7. The first-order valence-corrected chi connectivity index (χ1v) is 5.71. The average molecular weight is 263 g/mol. The molecule has 2 heterocycles. The molecule has 0 saturated heterocycles. The van der Waals surface area contributed by atoms with Gasteiger partial charge in [-0.05, 0) is 18.9 Å². The summed E-state index contributed by atoms with van der Waals surface area (Å²) in [6.45, 7) is 4.07. The minimum atomic E-state index is -4.94. The fourth-order valence-electron chi connectivity index (χ4n) is 1.18. The van der Waals surface area contributed by atoms with Gasteiger partial charge in [0.05, 0.1) is 13.2 Å². The first-order chi connectivity index (χ1) is 7.70. The van der Waals surface area contributed by atoms with E-state index in [9.17, 15) is 0 Å². The lowest BCUT2D eigenvalue weighted by Gasteiger charge is -2.17. The van der Waals surface area contributed by atoms with Crippen molar-refractivity contribution in [2.45, 2.75) is 13.8 Å². The van der Waals surface area contributed by atoms with Crippen molar-refractivity contribution in [3.8, 4) is 0 Å². The number of hydrogen-bond acceptors (Lipinski definition) is 6. The molecule has 0 saturated carbocycles. The predicted molar refractivity (Wildman–Crippen MR) is 43.6 cm³/mol. The Balaban J connectivity index is 0.000000249. The molecule has 2 rings (SSSR count). The van der Waals surface area contributed by atoms with Gasteiger partial charge in [0.2, 0.25) is 6.33 Å². The van der Waals surface area contributed by atoms with Gasteiger partial charge in [-0.15, -0.1) is 15.2 Å². The summed E-state index contributed by atoms with van der Waals surface area (Å²) >= 11 is 0. The van der Waals surface area contributed by atoms with E-state index in [4.69, 9.17) is 18.6 Å². The Hall–Kier alpha value is -1.32. The maximum absolute atomic E-state index is 8.49. The van der Waals surface area contributed by atoms with Crippen molar-refractivity contribution in [3.63, 3.8) is 0 Å². The van der Waals surface area contributed by atoms with E-state index in [0.717, 1.165) is 17.0 Å². The van der Waals surface area contributed by atoms with Gasteiger partial charge in [0.1, 0.15) is 5.69 Å². The average Bonchev–Trinajstić information content (AvgIpc) is 2.52. The Morgan fingerprint density at radius 1 is 1.24 bits per heavy atom. The Labute approximate surface area is 99.1 Å². The van der Waals surface area contributed by atoms with Gasteiger partial charge in [-0.1, -0.05) is 4.52 Å². The Bertz CT molecular complexity index is 516. The normalized spacial score (nSPS) is 11.2. The second kappa shape index (κ2) is 4.90. The molecule has 0 aliphatic rings.